The van der Waals surface area contributed by atoms with E-state index < -0.39 is 52.6 Å². The maximum absolute atomic E-state index is 15.3. The lowest BCUT2D eigenvalue weighted by atomic mass is 9.49. The zero-order chi connectivity index (χ0) is 38.9. The smallest absolute Gasteiger partial charge is 0.260 e. The van der Waals surface area contributed by atoms with Crippen molar-refractivity contribution in [3.63, 3.8) is 0 Å². The number of phenolic OH excluding ortho intramolecular Hbond substituents is 1. The van der Waals surface area contributed by atoms with E-state index in [1.807, 2.05) is 18.2 Å². The topological polar surface area (TPSA) is 129 Å². The minimum absolute atomic E-state index is 0.0866. The number of fused-ring (bicyclic) bond motifs is 4. The molecule has 5 aliphatic rings. The number of ether oxygens (including phenoxy) is 2. The summed E-state index contributed by atoms with van der Waals surface area (Å²) in [4.78, 5) is 62.6. The largest absolute Gasteiger partial charge is 0.504 e. The van der Waals surface area contributed by atoms with Gasteiger partial charge in [0.15, 0.2) is 11.5 Å². The van der Waals surface area contributed by atoms with Crippen molar-refractivity contribution in [2.75, 3.05) is 48.6 Å². The molecule has 4 aromatic carbocycles. The van der Waals surface area contributed by atoms with E-state index in [4.69, 9.17) is 21.1 Å². The average Bonchev–Trinajstić information content (AvgIpc) is 3.59. The van der Waals surface area contributed by atoms with Crippen LogP contribution < -0.4 is 20.0 Å². The molecule has 3 saturated heterocycles. The number of hydrazine groups is 1. The van der Waals surface area contributed by atoms with Gasteiger partial charge in [0, 0.05) is 29.7 Å². The number of amides is 4. The fraction of sp³-hybridized carbons (Fsp3) is 0.302. The van der Waals surface area contributed by atoms with Crippen molar-refractivity contribution in [2.45, 2.75) is 24.2 Å². The number of benzene rings is 4. The van der Waals surface area contributed by atoms with Gasteiger partial charge in [-0.25, -0.2) is 4.39 Å². The minimum Gasteiger partial charge on any atom is -0.504 e. The van der Waals surface area contributed by atoms with Crippen LogP contribution in [-0.2, 0) is 29.3 Å². The van der Waals surface area contributed by atoms with Crippen molar-refractivity contribution >= 4 is 52.3 Å². The Labute approximate surface area is 327 Å². The number of allylic oxidation sites excluding steroid dienone is 2. The first-order chi connectivity index (χ1) is 27.1. The Morgan fingerprint density at radius 2 is 1.55 bits per heavy atom. The van der Waals surface area contributed by atoms with E-state index in [1.165, 1.54) is 42.3 Å². The van der Waals surface area contributed by atoms with Crippen LogP contribution in [0.4, 0.5) is 21.5 Å². The van der Waals surface area contributed by atoms with E-state index in [0.717, 1.165) is 29.4 Å². The molecule has 56 heavy (non-hydrogen) atoms. The minimum atomic E-state index is -1.58. The Bertz CT molecular complexity index is 2280. The molecule has 9 rings (SSSR count). The van der Waals surface area contributed by atoms with Crippen LogP contribution in [0.5, 0.6) is 11.5 Å². The summed E-state index contributed by atoms with van der Waals surface area (Å²) in [5.41, 5.74) is 4.90. The fourth-order valence-corrected chi connectivity index (χ4v) is 9.93. The maximum atomic E-state index is 15.3. The summed E-state index contributed by atoms with van der Waals surface area (Å²) in [6.07, 6.45) is 2.28. The van der Waals surface area contributed by atoms with Crippen LogP contribution in [-0.4, -0.2) is 67.2 Å². The Hall–Kier alpha value is -5.72. The number of imide groups is 2. The van der Waals surface area contributed by atoms with Gasteiger partial charge >= 0.3 is 0 Å². The molecule has 4 aromatic rings. The quantitative estimate of drug-likeness (QED) is 0.166. The molecule has 4 fully saturated rings. The maximum Gasteiger partial charge on any atom is 0.260 e. The van der Waals surface area contributed by atoms with Crippen molar-refractivity contribution in [3.05, 3.63) is 125 Å². The molecular formula is C43H38ClFN4O7. The first kappa shape index (κ1) is 35.9. The van der Waals surface area contributed by atoms with Crippen LogP contribution in [0.3, 0.4) is 0 Å². The molecule has 2 N–H and O–H groups in total. The molecule has 3 aliphatic heterocycles. The summed E-state index contributed by atoms with van der Waals surface area (Å²) in [6.45, 7) is 2.73. The monoisotopic (exact) mass is 776 g/mol. The zero-order valence-electron chi connectivity index (χ0n) is 30.4. The predicted octanol–water partition coefficient (Wildman–Crippen LogP) is 6.22. The van der Waals surface area contributed by atoms with E-state index >= 15 is 4.79 Å². The number of methoxy groups -OCH3 is 1. The second-order valence-corrected chi connectivity index (χ2v) is 15.4. The van der Waals surface area contributed by atoms with Gasteiger partial charge in [-0.2, -0.15) is 5.01 Å². The highest BCUT2D eigenvalue weighted by Gasteiger charge is 2.70. The third-order valence-electron chi connectivity index (χ3n) is 12.3. The van der Waals surface area contributed by atoms with Crippen LogP contribution in [0.2, 0.25) is 5.02 Å². The Morgan fingerprint density at radius 1 is 0.857 bits per heavy atom. The van der Waals surface area contributed by atoms with Crippen LogP contribution in [0.15, 0.2) is 103 Å². The average molecular weight is 777 g/mol. The number of halogens is 2. The van der Waals surface area contributed by atoms with Gasteiger partial charge in [-0.3, -0.25) is 29.5 Å². The molecule has 4 amide bonds. The van der Waals surface area contributed by atoms with Crippen LogP contribution in [0.1, 0.15) is 29.9 Å². The van der Waals surface area contributed by atoms with Gasteiger partial charge in [-0.1, -0.05) is 41.4 Å². The van der Waals surface area contributed by atoms with Gasteiger partial charge in [0.1, 0.15) is 5.82 Å². The lowest BCUT2D eigenvalue weighted by Crippen LogP contribution is -2.53. The van der Waals surface area contributed by atoms with E-state index in [9.17, 15) is 23.9 Å². The van der Waals surface area contributed by atoms with Crippen LogP contribution in [0.25, 0.3) is 0 Å². The van der Waals surface area contributed by atoms with Crippen molar-refractivity contribution in [1.82, 2.24) is 5.01 Å². The number of carbonyl (C=O) groups is 4. The van der Waals surface area contributed by atoms with Crippen molar-refractivity contribution in [2.24, 2.45) is 23.7 Å². The first-order valence-electron chi connectivity index (χ1n) is 18.7. The summed E-state index contributed by atoms with van der Waals surface area (Å²) >= 11 is 6.38. The predicted molar refractivity (Wildman–Crippen MR) is 206 cm³/mol. The van der Waals surface area contributed by atoms with Crippen LogP contribution in [0, 0.1) is 29.5 Å². The number of phenols is 1. The molecule has 0 bridgehead atoms. The van der Waals surface area contributed by atoms with E-state index in [1.54, 1.807) is 48.5 Å². The number of anilines is 3. The summed E-state index contributed by atoms with van der Waals surface area (Å²) < 4.78 is 24.8. The van der Waals surface area contributed by atoms with Crippen LogP contribution >= 0.6 is 11.6 Å². The molecule has 3 heterocycles. The number of morpholine rings is 1. The number of nitrogens with one attached hydrogen (secondary N) is 1. The van der Waals surface area contributed by atoms with Crippen molar-refractivity contribution in [3.8, 4) is 11.5 Å². The van der Waals surface area contributed by atoms with E-state index in [2.05, 4.69) is 10.3 Å². The summed E-state index contributed by atoms with van der Waals surface area (Å²) in [6, 6.07) is 24.4. The van der Waals surface area contributed by atoms with Gasteiger partial charge in [0.25, 0.3) is 11.8 Å². The second kappa shape index (κ2) is 13.8. The molecule has 1 saturated carbocycles. The van der Waals surface area contributed by atoms with Gasteiger partial charge in [-0.05, 0) is 103 Å². The van der Waals surface area contributed by atoms with Gasteiger partial charge in [-0.15, -0.1) is 0 Å². The lowest BCUT2D eigenvalue weighted by Gasteiger charge is -2.50. The zero-order valence-corrected chi connectivity index (χ0v) is 31.1. The normalized spacial score (nSPS) is 27.2. The summed E-state index contributed by atoms with van der Waals surface area (Å²) in [7, 11) is 1.43. The summed E-state index contributed by atoms with van der Waals surface area (Å²) in [5, 5.41) is 12.6. The molecule has 0 radical (unpaired) electrons. The number of nitrogens with zero attached hydrogens (tertiary/aromatic N) is 3. The van der Waals surface area contributed by atoms with Gasteiger partial charge in [0.2, 0.25) is 11.8 Å². The molecule has 286 valence electrons. The van der Waals surface area contributed by atoms with Crippen molar-refractivity contribution in [1.29, 1.82) is 0 Å². The first-order valence-corrected chi connectivity index (χ1v) is 19.0. The van der Waals surface area contributed by atoms with Gasteiger partial charge < -0.3 is 19.5 Å². The highest BCUT2D eigenvalue weighted by Crippen LogP contribution is 2.64. The number of rotatable bonds is 7. The Balaban J connectivity index is 1.17. The molecule has 11 nitrogen and oxygen atoms in total. The molecule has 6 unspecified atom stereocenters. The third kappa shape index (κ3) is 5.48. The SMILES string of the molecule is COc1ccc(C2C3=CCC4C(=O)N(c5ccc(N6CCOCC6)cc5)C(=O)C4C3CC3C(=O)N(Nc4ccc(F)cc4)C(=O)C32c2ccc(Cl)cc2)cc1O. The van der Waals surface area contributed by atoms with Crippen molar-refractivity contribution < 1.29 is 38.1 Å². The molecule has 0 aromatic heterocycles. The Kier molecular flexibility index (Phi) is 8.85. The standard InChI is InChI=1S/C43H38ClFN4O7/c1-55-36-17-2-24(22-35(36)50)38-31-15-16-32-37(41(53)48(39(32)51)30-13-11-29(12-14-30)47-18-20-56-21-19-47)33(31)23-34-40(52)49(46-28-9-7-27(45)8-10-28)42(54)43(34,38)25-3-5-26(44)6-4-25/h2-15,17,22,32-34,37-38,46,50H,16,18-21,23H2,1H3. The fourth-order valence-electron chi connectivity index (χ4n) is 9.81. The molecular weight excluding hydrogens is 739 g/mol. The molecule has 0 spiro atoms. The second-order valence-electron chi connectivity index (χ2n) is 14.9. The molecule has 13 heteroatoms. The van der Waals surface area contributed by atoms with Gasteiger partial charge in [0.05, 0.1) is 54.9 Å². The highest BCUT2D eigenvalue weighted by atomic mass is 35.5. The Morgan fingerprint density at radius 3 is 2.23 bits per heavy atom. The molecule has 6 atom stereocenters. The van der Waals surface area contributed by atoms with E-state index in [0.29, 0.717) is 40.7 Å². The number of carbonyl (C=O) groups excluding carboxylic acids is 4. The third-order valence-corrected chi connectivity index (χ3v) is 12.5. The number of aromatic hydroxyl groups is 1. The number of hydrogen-bond donors (Lipinski definition) is 2. The molecule has 2 aliphatic carbocycles. The van der Waals surface area contributed by atoms with E-state index in [-0.39, 0.29) is 36.2 Å². The highest BCUT2D eigenvalue weighted by molar-refractivity contribution is 6.30. The number of hydrogen-bond acceptors (Lipinski definition) is 9. The summed E-state index contributed by atoms with van der Waals surface area (Å²) in [5.74, 6) is -6.17. The lowest BCUT2D eigenvalue weighted by molar-refractivity contribution is -0.138.